The van der Waals surface area contributed by atoms with Crippen molar-refractivity contribution < 1.29 is 27.6 Å². The summed E-state index contributed by atoms with van der Waals surface area (Å²) in [6.07, 6.45) is 5.27. The van der Waals surface area contributed by atoms with Crippen molar-refractivity contribution in [2.45, 2.75) is 57.2 Å². The van der Waals surface area contributed by atoms with Gasteiger partial charge in [-0.3, -0.25) is 9.69 Å². The van der Waals surface area contributed by atoms with Crippen LogP contribution in [0.25, 0.3) is 0 Å². The van der Waals surface area contributed by atoms with Crippen molar-refractivity contribution in [1.29, 1.82) is 0 Å². The number of fused-ring (bicyclic) bond motifs is 3. The van der Waals surface area contributed by atoms with Crippen LogP contribution in [-0.4, -0.2) is 54.8 Å². The number of halogens is 2. The molecule has 3 heterocycles. The fourth-order valence-electron chi connectivity index (χ4n) is 6.11. The van der Waals surface area contributed by atoms with Crippen LogP contribution in [0.3, 0.4) is 0 Å². The standard InChI is InChI=1S/C28H33F2N3O3/c29-22-11-9-20(10-12-22)17-32(25-8-4-3-7-24(25)30)28(35)36-26-18-33(15-13-21(26)14-16-33)19-27(34)31-23-5-1-2-6-23/h3-4,7-12,21,23,26H,1-2,5-6,13-19H2/p+1/t21?,26-,33?/m0/s1. The molecule has 2 bridgehead atoms. The number of rotatable bonds is 7. The van der Waals surface area contributed by atoms with E-state index in [-0.39, 0.29) is 42.0 Å². The summed E-state index contributed by atoms with van der Waals surface area (Å²) in [5, 5.41) is 3.20. The third kappa shape index (κ3) is 5.53. The number of carbonyl (C=O) groups excluding carboxylic acids is 2. The lowest BCUT2D eigenvalue weighted by Gasteiger charge is -2.51. The fraction of sp³-hybridized carbons (Fsp3) is 0.500. The van der Waals surface area contributed by atoms with Gasteiger partial charge in [0, 0.05) is 24.8 Å². The van der Waals surface area contributed by atoms with Crippen molar-refractivity contribution in [3.8, 4) is 0 Å². The molecule has 3 saturated heterocycles. The number of anilines is 1. The Morgan fingerprint density at radius 1 is 0.972 bits per heavy atom. The normalized spacial score (nSPS) is 25.5. The molecule has 0 radical (unpaired) electrons. The van der Waals surface area contributed by atoms with Gasteiger partial charge in [0.25, 0.3) is 5.91 Å². The number of hydrogen-bond donors (Lipinski definition) is 1. The summed E-state index contributed by atoms with van der Waals surface area (Å²) in [7, 11) is 0. The number of para-hydroxylation sites is 1. The minimum atomic E-state index is -0.628. The zero-order valence-electron chi connectivity index (χ0n) is 20.5. The highest BCUT2D eigenvalue weighted by atomic mass is 19.1. The summed E-state index contributed by atoms with van der Waals surface area (Å²) < 4.78 is 34.8. The SMILES string of the molecule is O=C(C[N+]12CCC(CC1)[C@@H](OC(=O)N(Cc1ccc(F)cc1)c1ccccc1F)C2)NC1CCCC1. The Labute approximate surface area is 210 Å². The first-order valence-corrected chi connectivity index (χ1v) is 13.0. The van der Waals surface area contributed by atoms with E-state index in [4.69, 9.17) is 4.74 Å². The molecule has 2 amide bonds. The number of quaternary nitrogens is 1. The Balaban J connectivity index is 1.29. The van der Waals surface area contributed by atoms with Gasteiger partial charge in [0.05, 0.1) is 25.3 Å². The number of ether oxygens (including phenoxy) is 1. The number of benzene rings is 2. The van der Waals surface area contributed by atoms with Crippen LogP contribution in [0.5, 0.6) is 0 Å². The van der Waals surface area contributed by atoms with Gasteiger partial charge in [-0.25, -0.2) is 13.6 Å². The quantitative estimate of drug-likeness (QED) is 0.560. The van der Waals surface area contributed by atoms with E-state index in [0.29, 0.717) is 23.1 Å². The van der Waals surface area contributed by atoms with Crippen molar-refractivity contribution in [3.05, 3.63) is 65.7 Å². The first-order chi connectivity index (χ1) is 17.4. The maximum atomic E-state index is 14.7. The first-order valence-electron chi connectivity index (χ1n) is 13.0. The van der Waals surface area contributed by atoms with Crippen LogP contribution in [0.4, 0.5) is 19.3 Å². The smallest absolute Gasteiger partial charge is 0.415 e. The fourth-order valence-corrected chi connectivity index (χ4v) is 6.11. The van der Waals surface area contributed by atoms with Crippen LogP contribution in [0.1, 0.15) is 44.1 Å². The Bertz CT molecular complexity index is 1080. The van der Waals surface area contributed by atoms with Gasteiger partial charge in [0.2, 0.25) is 0 Å². The molecule has 1 aliphatic carbocycles. The van der Waals surface area contributed by atoms with E-state index >= 15 is 0 Å². The molecule has 6 rings (SSSR count). The predicted molar refractivity (Wildman–Crippen MR) is 132 cm³/mol. The summed E-state index contributed by atoms with van der Waals surface area (Å²) in [5.74, 6) is -0.591. The molecule has 4 aliphatic rings. The van der Waals surface area contributed by atoms with Crippen LogP contribution in [0, 0.1) is 17.6 Å². The summed E-state index contributed by atoms with van der Waals surface area (Å²) >= 11 is 0. The molecule has 0 aromatic heterocycles. The molecule has 4 fully saturated rings. The maximum absolute atomic E-state index is 14.7. The molecule has 1 atom stereocenters. The van der Waals surface area contributed by atoms with Gasteiger partial charge in [-0.05, 0) is 42.7 Å². The second kappa shape index (κ2) is 10.5. The zero-order valence-corrected chi connectivity index (χ0v) is 20.5. The third-order valence-electron chi connectivity index (χ3n) is 8.11. The molecule has 1 N–H and O–H groups in total. The van der Waals surface area contributed by atoms with E-state index in [0.717, 1.165) is 38.8 Å². The Hall–Kier alpha value is -3.00. The number of hydrogen-bond acceptors (Lipinski definition) is 3. The number of nitrogens with zero attached hydrogens (tertiary/aromatic N) is 2. The summed E-state index contributed by atoms with van der Waals surface area (Å²) in [5.41, 5.74) is 0.783. The van der Waals surface area contributed by atoms with E-state index in [1.807, 2.05) is 0 Å². The van der Waals surface area contributed by atoms with Gasteiger partial charge in [-0.15, -0.1) is 0 Å². The molecule has 2 aromatic carbocycles. The molecule has 8 heteroatoms. The van der Waals surface area contributed by atoms with Crippen LogP contribution >= 0.6 is 0 Å². The zero-order chi connectivity index (χ0) is 25.1. The highest BCUT2D eigenvalue weighted by Gasteiger charge is 2.49. The van der Waals surface area contributed by atoms with Crippen LogP contribution < -0.4 is 10.2 Å². The molecule has 0 unspecified atom stereocenters. The van der Waals surface area contributed by atoms with E-state index in [1.54, 1.807) is 24.3 Å². The predicted octanol–water partition coefficient (Wildman–Crippen LogP) is 4.78. The molecule has 36 heavy (non-hydrogen) atoms. The van der Waals surface area contributed by atoms with Crippen molar-refractivity contribution in [2.75, 3.05) is 31.1 Å². The van der Waals surface area contributed by atoms with Crippen LogP contribution in [0.15, 0.2) is 48.5 Å². The molecule has 0 spiro atoms. The minimum absolute atomic E-state index is 0.0568. The average Bonchev–Trinajstić information content (AvgIpc) is 3.37. The lowest BCUT2D eigenvalue weighted by Crippen LogP contribution is -2.67. The van der Waals surface area contributed by atoms with Gasteiger partial charge in [-0.1, -0.05) is 37.1 Å². The number of amides is 2. The summed E-state index contributed by atoms with van der Waals surface area (Å²) in [6, 6.07) is 12.2. The van der Waals surface area contributed by atoms with Gasteiger partial charge in [0.1, 0.15) is 18.2 Å². The molecule has 192 valence electrons. The summed E-state index contributed by atoms with van der Waals surface area (Å²) in [6.45, 7) is 2.87. The van der Waals surface area contributed by atoms with Crippen molar-refractivity contribution in [3.63, 3.8) is 0 Å². The summed E-state index contributed by atoms with van der Waals surface area (Å²) in [4.78, 5) is 27.5. The highest BCUT2D eigenvalue weighted by molar-refractivity contribution is 5.87. The number of carbonyl (C=O) groups is 2. The van der Waals surface area contributed by atoms with Gasteiger partial charge in [0.15, 0.2) is 12.6 Å². The molecule has 1 saturated carbocycles. The van der Waals surface area contributed by atoms with Gasteiger partial charge >= 0.3 is 6.09 Å². The van der Waals surface area contributed by atoms with Crippen LogP contribution in [0.2, 0.25) is 0 Å². The highest BCUT2D eigenvalue weighted by Crippen LogP contribution is 2.36. The largest absolute Gasteiger partial charge is 0.440 e. The van der Waals surface area contributed by atoms with Crippen LogP contribution in [-0.2, 0) is 16.1 Å². The van der Waals surface area contributed by atoms with E-state index in [9.17, 15) is 18.4 Å². The second-order valence-corrected chi connectivity index (χ2v) is 10.6. The topological polar surface area (TPSA) is 58.6 Å². The minimum Gasteiger partial charge on any atom is -0.440 e. The van der Waals surface area contributed by atoms with E-state index in [2.05, 4.69) is 5.32 Å². The van der Waals surface area contributed by atoms with Crippen molar-refractivity contribution in [1.82, 2.24) is 5.32 Å². The van der Waals surface area contributed by atoms with E-state index in [1.165, 1.54) is 42.0 Å². The third-order valence-corrected chi connectivity index (χ3v) is 8.11. The van der Waals surface area contributed by atoms with E-state index < -0.39 is 11.9 Å². The molecule has 3 aliphatic heterocycles. The van der Waals surface area contributed by atoms with Gasteiger partial charge < -0.3 is 14.5 Å². The molecular formula is C28H34F2N3O3+. The molecule has 2 aromatic rings. The molecule has 6 nitrogen and oxygen atoms in total. The number of nitrogens with one attached hydrogen (secondary N) is 1. The lowest BCUT2D eigenvalue weighted by atomic mass is 9.83. The van der Waals surface area contributed by atoms with Crippen molar-refractivity contribution in [2.24, 2.45) is 5.92 Å². The monoisotopic (exact) mass is 498 g/mol. The maximum Gasteiger partial charge on any atom is 0.415 e. The lowest BCUT2D eigenvalue weighted by molar-refractivity contribution is -0.939. The Morgan fingerprint density at radius 2 is 1.67 bits per heavy atom. The Morgan fingerprint density at radius 3 is 2.36 bits per heavy atom. The first kappa shape index (κ1) is 24.7. The van der Waals surface area contributed by atoms with Crippen molar-refractivity contribution >= 4 is 17.7 Å². The second-order valence-electron chi connectivity index (χ2n) is 10.6. The average molecular weight is 499 g/mol. The number of piperidine rings is 3. The van der Waals surface area contributed by atoms with Gasteiger partial charge in [-0.2, -0.15) is 0 Å². The molecular weight excluding hydrogens is 464 g/mol. The Kier molecular flexibility index (Phi) is 7.23.